The van der Waals surface area contributed by atoms with Gasteiger partial charge in [-0.1, -0.05) is 0 Å². The van der Waals surface area contributed by atoms with Gasteiger partial charge in [-0.05, 0) is 55.0 Å². The number of aryl methyl sites for hydroxylation is 1. The van der Waals surface area contributed by atoms with E-state index in [-0.39, 0.29) is 16.1 Å². The third-order valence-electron chi connectivity index (χ3n) is 2.83. The second-order valence-corrected chi connectivity index (χ2v) is 6.08. The van der Waals surface area contributed by atoms with Gasteiger partial charge in [0.2, 0.25) is 0 Å². The SMILES string of the molecule is Cc1cc(NS(=O)(=O)c2ccc(F)cc2)ccc1C(=O)O. The molecule has 0 atom stereocenters. The molecule has 2 N–H and O–H groups in total. The van der Waals surface area contributed by atoms with Gasteiger partial charge in [0, 0.05) is 5.69 Å². The van der Waals surface area contributed by atoms with Gasteiger partial charge in [-0.3, -0.25) is 4.72 Å². The number of aromatic carboxylic acids is 1. The Bertz CT molecular complexity index is 785. The minimum Gasteiger partial charge on any atom is -0.478 e. The van der Waals surface area contributed by atoms with E-state index in [1.807, 2.05) is 0 Å². The van der Waals surface area contributed by atoms with E-state index in [4.69, 9.17) is 5.11 Å². The second-order valence-electron chi connectivity index (χ2n) is 4.39. The smallest absolute Gasteiger partial charge is 0.335 e. The molecule has 110 valence electrons. The van der Waals surface area contributed by atoms with E-state index >= 15 is 0 Å². The van der Waals surface area contributed by atoms with Crippen LogP contribution in [0.5, 0.6) is 0 Å². The summed E-state index contributed by atoms with van der Waals surface area (Å²) >= 11 is 0. The molecular formula is C14H12FNO4S. The summed E-state index contributed by atoms with van der Waals surface area (Å²) in [5.74, 6) is -1.61. The van der Waals surface area contributed by atoms with E-state index in [1.165, 1.54) is 18.2 Å². The molecule has 0 radical (unpaired) electrons. The zero-order chi connectivity index (χ0) is 15.6. The predicted molar refractivity (Wildman–Crippen MR) is 75.3 cm³/mol. The van der Waals surface area contributed by atoms with Crippen LogP contribution in [-0.2, 0) is 10.0 Å². The quantitative estimate of drug-likeness (QED) is 0.909. The van der Waals surface area contributed by atoms with E-state index in [0.29, 0.717) is 5.56 Å². The first kappa shape index (κ1) is 15.0. The molecule has 0 unspecified atom stereocenters. The molecule has 5 nitrogen and oxygen atoms in total. The van der Waals surface area contributed by atoms with E-state index in [9.17, 15) is 17.6 Å². The predicted octanol–water partition coefficient (Wildman–Crippen LogP) is 2.63. The zero-order valence-corrected chi connectivity index (χ0v) is 11.8. The molecule has 2 rings (SSSR count). The third kappa shape index (κ3) is 3.38. The molecule has 0 heterocycles. The van der Waals surface area contributed by atoms with Gasteiger partial charge in [0.05, 0.1) is 10.5 Å². The molecule has 0 amide bonds. The molecule has 7 heteroatoms. The van der Waals surface area contributed by atoms with Crippen molar-refractivity contribution < 1.29 is 22.7 Å². The summed E-state index contributed by atoms with van der Waals surface area (Å²) in [5, 5.41) is 8.92. The summed E-state index contributed by atoms with van der Waals surface area (Å²) in [7, 11) is -3.84. The normalized spacial score (nSPS) is 11.1. The monoisotopic (exact) mass is 309 g/mol. The molecular weight excluding hydrogens is 297 g/mol. The van der Waals surface area contributed by atoms with E-state index in [0.717, 1.165) is 24.3 Å². The lowest BCUT2D eigenvalue weighted by molar-refractivity contribution is 0.0696. The van der Waals surface area contributed by atoms with Crippen LogP contribution in [0.1, 0.15) is 15.9 Å². The fraction of sp³-hybridized carbons (Fsp3) is 0.0714. The van der Waals surface area contributed by atoms with Crippen molar-refractivity contribution >= 4 is 21.7 Å². The van der Waals surface area contributed by atoms with Crippen LogP contribution in [0.4, 0.5) is 10.1 Å². The highest BCUT2D eigenvalue weighted by atomic mass is 32.2. The molecule has 0 aromatic heterocycles. The minimum absolute atomic E-state index is 0.0798. The number of nitrogens with one attached hydrogen (secondary N) is 1. The maximum atomic E-state index is 12.8. The maximum Gasteiger partial charge on any atom is 0.335 e. The van der Waals surface area contributed by atoms with Crippen molar-refractivity contribution in [1.29, 1.82) is 0 Å². The van der Waals surface area contributed by atoms with Crippen LogP contribution in [-0.4, -0.2) is 19.5 Å². The molecule has 0 bridgehead atoms. The third-order valence-corrected chi connectivity index (χ3v) is 4.23. The van der Waals surface area contributed by atoms with Crippen molar-refractivity contribution in [3.8, 4) is 0 Å². The molecule has 0 saturated heterocycles. The fourth-order valence-electron chi connectivity index (χ4n) is 1.79. The Morgan fingerprint density at radius 3 is 2.29 bits per heavy atom. The Morgan fingerprint density at radius 1 is 1.14 bits per heavy atom. The molecule has 0 spiro atoms. The van der Waals surface area contributed by atoms with Gasteiger partial charge in [-0.15, -0.1) is 0 Å². The highest BCUT2D eigenvalue weighted by molar-refractivity contribution is 7.92. The molecule has 0 aliphatic heterocycles. The van der Waals surface area contributed by atoms with Gasteiger partial charge >= 0.3 is 5.97 Å². The Hall–Kier alpha value is -2.41. The number of sulfonamides is 1. The lowest BCUT2D eigenvalue weighted by atomic mass is 10.1. The lowest BCUT2D eigenvalue weighted by Gasteiger charge is -2.10. The highest BCUT2D eigenvalue weighted by Gasteiger charge is 2.15. The van der Waals surface area contributed by atoms with Crippen LogP contribution in [0.25, 0.3) is 0 Å². The summed E-state index contributed by atoms with van der Waals surface area (Å²) < 4.78 is 39.3. The molecule has 2 aromatic carbocycles. The van der Waals surface area contributed by atoms with Crippen molar-refractivity contribution in [2.24, 2.45) is 0 Å². The molecule has 0 aliphatic carbocycles. The molecule has 0 aliphatic rings. The topological polar surface area (TPSA) is 83.5 Å². The Kier molecular flexibility index (Phi) is 3.95. The minimum atomic E-state index is -3.84. The van der Waals surface area contributed by atoms with Crippen molar-refractivity contribution in [1.82, 2.24) is 0 Å². The number of anilines is 1. The average molecular weight is 309 g/mol. The van der Waals surface area contributed by atoms with Crippen LogP contribution in [0, 0.1) is 12.7 Å². The number of carbonyl (C=O) groups is 1. The molecule has 0 saturated carbocycles. The van der Waals surface area contributed by atoms with Gasteiger partial charge in [-0.2, -0.15) is 0 Å². The summed E-state index contributed by atoms with van der Waals surface area (Å²) in [6.45, 7) is 1.57. The Labute approximate surface area is 121 Å². The van der Waals surface area contributed by atoms with E-state index < -0.39 is 21.8 Å². The standard InChI is InChI=1S/C14H12FNO4S/c1-9-8-11(4-7-13(9)14(17)18)16-21(19,20)12-5-2-10(15)3-6-12/h2-8,16H,1H3,(H,17,18). The van der Waals surface area contributed by atoms with E-state index in [1.54, 1.807) is 6.92 Å². The van der Waals surface area contributed by atoms with Crippen molar-refractivity contribution in [3.63, 3.8) is 0 Å². The summed E-state index contributed by atoms with van der Waals surface area (Å²) in [6.07, 6.45) is 0. The molecule has 0 fully saturated rings. The summed E-state index contributed by atoms with van der Waals surface area (Å²) in [5.41, 5.74) is 0.767. The van der Waals surface area contributed by atoms with Gasteiger partial charge in [0.1, 0.15) is 5.82 Å². The Balaban J connectivity index is 2.31. The number of hydrogen-bond donors (Lipinski definition) is 2. The van der Waals surface area contributed by atoms with Crippen LogP contribution >= 0.6 is 0 Å². The molecule has 21 heavy (non-hydrogen) atoms. The first-order valence-electron chi connectivity index (χ1n) is 5.92. The van der Waals surface area contributed by atoms with E-state index in [2.05, 4.69) is 4.72 Å². The number of carboxylic acids is 1. The van der Waals surface area contributed by atoms with Gasteiger partial charge in [0.25, 0.3) is 10.0 Å². The zero-order valence-electron chi connectivity index (χ0n) is 11.0. The first-order valence-corrected chi connectivity index (χ1v) is 7.40. The van der Waals surface area contributed by atoms with Crippen LogP contribution in [0.3, 0.4) is 0 Å². The van der Waals surface area contributed by atoms with Gasteiger partial charge in [0.15, 0.2) is 0 Å². The van der Waals surface area contributed by atoms with Crippen LogP contribution in [0.15, 0.2) is 47.4 Å². The van der Waals surface area contributed by atoms with Gasteiger partial charge in [-0.25, -0.2) is 17.6 Å². The average Bonchev–Trinajstić information content (AvgIpc) is 2.38. The number of hydrogen-bond acceptors (Lipinski definition) is 3. The van der Waals surface area contributed by atoms with Crippen LogP contribution in [0.2, 0.25) is 0 Å². The largest absolute Gasteiger partial charge is 0.478 e. The Morgan fingerprint density at radius 2 is 1.76 bits per heavy atom. The summed E-state index contributed by atoms with van der Waals surface area (Å²) in [4.78, 5) is 10.8. The number of benzene rings is 2. The maximum absolute atomic E-state index is 12.8. The number of halogens is 1. The molecule has 2 aromatic rings. The second kappa shape index (κ2) is 5.53. The van der Waals surface area contributed by atoms with Crippen LogP contribution < -0.4 is 4.72 Å². The van der Waals surface area contributed by atoms with Crippen molar-refractivity contribution in [3.05, 3.63) is 59.4 Å². The number of carboxylic acid groups (broad SMARTS) is 1. The first-order chi connectivity index (χ1) is 9.79. The van der Waals surface area contributed by atoms with Crippen molar-refractivity contribution in [2.75, 3.05) is 4.72 Å². The fourth-order valence-corrected chi connectivity index (χ4v) is 2.84. The van der Waals surface area contributed by atoms with Gasteiger partial charge < -0.3 is 5.11 Å². The highest BCUT2D eigenvalue weighted by Crippen LogP contribution is 2.19. The number of rotatable bonds is 4. The summed E-state index contributed by atoms with van der Waals surface area (Å²) in [6, 6.07) is 8.50. The lowest BCUT2D eigenvalue weighted by Crippen LogP contribution is -2.13. The van der Waals surface area contributed by atoms with Crippen molar-refractivity contribution in [2.45, 2.75) is 11.8 Å².